The van der Waals surface area contributed by atoms with E-state index in [4.69, 9.17) is 4.74 Å². The fourth-order valence-electron chi connectivity index (χ4n) is 2.77. The predicted octanol–water partition coefficient (Wildman–Crippen LogP) is 1.57. The highest BCUT2D eigenvalue weighted by Crippen LogP contribution is 2.18. The van der Waals surface area contributed by atoms with Gasteiger partial charge in [-0.2, -0.15) is 0 Å². The Labute approximate surface area is 141 Å². The van der Waals surface area contributed by atoms with Crippen molar-refractivity contribution in [3.63, 3.8) is 0 Å². The number of likely N-dealkylation sites (tertiary alicyclic amines) is 1. The Morgan fingerprint density at radius 2 is 2.00 bits per heavy atom. The average Bonchev–Trinajstić information content (AvgIpc) is 2.57. The van der Waals surface area contributed by atoms with Gasteiger partial charge in [-0.15, -0.1) is 0 Å². The molecule has 1 heterocycles. The van der Waals surface area contributed by atoms with Gasteiger partial charge >= 0.3 is 5.97 Å². The van der Waals surface area contributed by atoms with Crippen molar-refractivity contribution in [1.82, 2.24) is 15.1 Å². The molecule has 1 N–H and O–H groups in total. The molecule has 134 valence electrons. The number of methoxy groups -OCH3 is 1. The first-order valence-corrected chi connectivity index (χ1v) is 8.73. The first-order valence-electron chi connectivity index (χ1n) is 8.73. The zero-order chi connectivity index (χ0) is 17.2. The first-order chi connectivity index (χ1) is 11.0. The minimum Gasteiger partial charge on any atom is -0.469 e. The minimum absolute atomic E-state index is 0.0425. The summed E-state index contributed by atoms with van der Waals surface area (Å²) in [6.07, 6.45) is 4.00. The Balaban J connectivity index is 2.24. The lowest BCUT2D eigenvalue weighted by atomic mass is 9.97. The number of nitrogens with zero attached hydrogens (tertiary/aromatic N) is 3. The Hall–Kier alpha value is -1.30. The van der Waals surface area contributed by atoms with Crippen molar-refractivity contribution in [3.8, 4) is 0 Å². The second kappa shape index (κ2) is 10.5. The molecule has 1 aliphatic heterocycles. The van der Waals surface area contributed by atoms with Crippen molar-refractivity contribution < 1.29 is 9.53 Å². The summed E-state index contributed by atoms with van der Waals surface area (Å²) in [5.41, 5.74) is 0. The number of carbonyl (C=O) groups is 1. The highest BCUT2D eigenvalue weighted by Gasteiger charge is 2.26. The molecule has 0 aromatic carbocycles. The standard InChI is InChI=1S/C17H34N4O2/c1-14(2)20(4)11-7-6-10-19-17(18-3)21-12-8-15(9-13-21)16(22)23-5/h14-15H,6-13H2,1-5H3,(H,18,19). The number of carbonyl (C=O) groups excluding carboxylic acids is 1. The predicted molar refractivity (Wildman–Crippen MR) is 94.7 cm³/mol. The lowest BCUT2D eigenvalue weighted by Gasteiger charge is -2.33. The van der Waals surface area contributed by atoms with E-state index >= 15 is 0 Å². The lowest BCUT2D eigenvalue weighted by Crippen LogP contribution is -2.46. The molecule has 1 rings (SSSR count). The summed E-state index contributed by atoms with van der Waals surface area (Å²) in [7, 11) is 5.45. The van der Waals surface area contributed by atoms with Crippen LogP contribution in [-0.4, -0.2) is 75.2 Å². The Morgan fingerprint density at radius 3 is 2.52 bits per heavy atom. The van der Waals surface area contributed by atoms with Crippen LogP contribution in [0.4, 0.5) is 0 Å². The summed E-state index contributed by atoms with van der Waals surface area (Å²) in [5, 5.41) is 3.44. The van der Waals surface area contributed by atoms with Gasteiger partial charge in [0, 0.05) is 32.7 Å². The van der Waals surface area contributed by atoms with Crippen LogP contribution in [0.3, 0.4) is 0 Å². The van der Waals surface area contributed by atoms with Crippen LogP contribution in [0, 0.1) is 5.92 Å². The number of hydrogen-bond acceptors (Lipinski definition) is 4. The molecule has 0 unspecified atom stereocenters. The summed E-state index contributed by atoms with van der Waals surface area (Å²) in [6.45, 7) is 8.22. The van der Waals surface area contributed by atoms with E-state index in [1.807, 2.05) is 7.05 Å². The van der Waals surface area contributed by atoms with Gasteiger partial charge in [0.1, 0.15) is 0 Å². The second-order valence-corrected chi connectivity index (χ2v) is 6.54. The maximum Gasteiger partial charge on any atom is 0.308 e. The van der Waals surface area contributed by atoms with E-state index in [1.165, 1.54) is 13.5 Å². The quantitative estimate of drug-likeness (QED) is 0.333. The van der Waals surface area contributed by atoms with Crippen LogP contribution >= 0.6 is 0 Å². The number of aliphatic imine (C=N–C) groups is 1. The van der Waals surface area contributed by atoms with E-state index in [0.717, 1.165) is 51.4 Å². The summed E-state index contributed by atoms with van der Waals surface area (Å²) in [4.78, 5) is 20.5. The average molecular weight is 326 g/mol. The molecule has 0 atom stereocenters. The second-order valence-electron chi connectivity index (χ2n) is 6.54. The highest BCUT2D eigenvalue weighted by atomic mass is 16.5. The third kappa shape index (κ3) is 6.77. The number of ether oxygens (including phenoxy) is 1. The van der Waals surface area contributed by atoms with Crippen LogP contribution in [0.5, 0.6) is 0 Å². The van der Waals surface area contributed by atoms with E-state index in [-0.39, 0.29) is 11.9 Å². The van der Waals surface area contributed by atoms with Gasteiger partial charge < -0.3 is 19.9 Å². The first kappa shape index (κ1) is 19.7. The molecule has 6 heteroatoms. The van der Waals surface area contributed by atoms with Crippen LogP contribution in [-0.2, 0) is 9.53 Å². The van der Waals surface area contributed by atoms with E-state index in [2.05, 4.69) is 41.0 Å². The number of esters is 1. The molecule has 0 bridgehead atoms. The van der Waals surface area contributed by atoms with Crippen molar-refractivity contribution in [2.75, 3.05) is 47.4 Å². The monoisotopic (exact) mass is 326 g/mol. The minimum atomic E-state index is -0.0816. The van der Waals surface area contributed by atoms with E-state index in [0.29, 0.717) is 6.04 Å². The number of nitrogens with one attached hydrogen (secondary N) is 1. The smallest absolute Gasteiger partial charge is 0.308 e. The van der Waals surface area contributed by atoms with Crippen molar-refractivity contribution in [3.05, 3.63) is 0 Å². The molecule has 0 saturated carbocycles. The molecule has 1 fully saturated rings. The third-order valence-electron chi connectivity index (χ3n) is 4.64. The molecule has 23 heavy (non-hydrogen) atoms. The molecular formula is C17H34N4O2. The number of rotatable bonds is 7. The van der Waals surface area contributed by atoms with Gasteiger partial charge in [0.2, 0.25) is 0 Å². The maximum absolute atomic E-state index is 11.6. The Bertz CT molecular complexity index is 377. The van der Waals surface area contributed by atoms with Gasteiger partial charge in [-0.25, -0.2) is 0 Å². The Kier molecular flexibility index (Phi) is 8.99. The largest absolute Gasteiger partial charge is 0.469 e. The molecule has 0 aromatic rings. The molecule has 6 nitrogen and oxygen atoms in total. The molecule has 0 amide bonds. The van der Waals surface area contributed by atoms with Crippen molar-refractivity contribution in [2.45, 2.75) is 45.6 Å². The van der Waals surface area contributed by atoms with Gasteiger partial charge in [-0.05, 0) is 53.1 Å². The summed E-state index contributed by atoms with van der Waals surface area (Å²) < 4.78 is 4.83. The molecule has 1 aliphatic rings. The van der Waals surface area contributed by atoms with Gasteiger partial charge in [-0.3, -0.25) is 9.79 Å². The molecule has 0 aromatic heterocycles. The summed E-state index contributed by atoms with van der Waals surface area (Å²) >= 11 is 0. The van der Waals surface area contributed by atoms with Crippen LogP contribution in [0.1, 0.15) is 39.5 Å². The van der Waals surface area contributed by atoms with E-state index in [1.54, 1.807) is 0 Å². The van der Waals surface area contributed by atoms with Gasteiger partial charge in [0.15, 0.2) is 5.96 Å². The van der Waals surface area contributed by atoms with E-state index in [9.17, 15) is 4.79 Å². The SMILES string of the molecule is CN=C(NCCCCN(C)C(C)C)N1CCC(C(=O)OC)CC1. The Morgan fingerprint density at radius 1 is 1.35 bits per heavy atom. The fraction of sp³-hybridized carbons (Fsp3) is 0.882. The van der Waals surface area contributed by atoms with Gasteiger partial charge in [0.05, 0.1) is 13.0 Å². The number of hydrogen-bond donors (Lipinski definition) is 1. The molecular weight excluding hydrogens is 292 g/mol. The molecule has 0 radical (unpaired) electrons. The molecule has 1 saturated heterocycles. The summed E-state index contributed by atoms with van der Waals surface area (Å²) in [6, 6.07) is 0.604. The zero-order valence-electron chi connectivity index (χ0n) is 15.5. The number of piperidine rings is 1. The fourth-order valence-corrected chi connectivity index (χ4v) is 2.77. The summed E-state index contributed by atoms with van der Waals surface area (Å²) in [5.74, 6) is 0.910. The normalized spacial score (nSPS) is 17.0. The topological polar surface area (TPSA) is 57.2 Å². The molecule has 0 aliphatic carbocycles. The van der Waals surface area contributed by atoms with Gasteiger partial charge in [-0.1, -0.05) is 0 Å². The number of guanidine groups is 1. The molecule has 0 spiro atoms. The lowest BCUT2D eigenvalue weighted by molar-refractivity contribution is -0.146. The maximum atomic E-state index is 11.6. The van der Waals surface area contributed by atoms with Crippen molar-refractivity contribution in [1.29, 1.82) is 0 Å². The van der Waals surface area contributed by atoms with Crippen LogP contribution in [0.2, 0.25) is 0 Å². The van der Waals surface area contributed by atoms with Crippen LogP contribution in [0.25, 0.3) is 0 Å². The van der Waals surface area contributed by atoms with Crippen molar-refractivity contribution >= 4 is 11.9 Å². The van der Waals surface area contributed by atoms with Crippen LogP contribution in [0.15, 0.2) is 4.99 Å². The third-order valence-corrected chi connectivity index (χ3v) is 4.64. The van der Waals surface area contributed by atoms with Crippen LogP contribution < -0.4 is 5.32 Å². The van der Waals surface area contributed by atoms with E-state index < -0.39 is 0 Å². The highest BCUT2D eigenvalue weighted by molar-refractivity contribution is 5.80. The van der Waals surface area contributed by atoms with Crippen molar-refractivity contribution in [2.24, 2.45) is 10.9 Å². The van der Waals surface area contributed by atoms with Gasteiger partial charge in [0.25, 0.3) is 0 Å². The number of unbranched alkanes of at least 4 members (excludes halogenated alkanes) is 1. The zero-order valence-corrected chi connectivity index (χ0v) is 15.5.